The predicted molar refractivity (Wildman–Crippen MR) is 113 cm³/mol. The lowest BCUT2D eigenvalue weighted by molar-refractivity contribution is 0.409. The van der Waals surface area contributed by atoms with Crippen LogP contribution in [0.25, 0.3) is 0 Å². The summed E-state index contributed by atoms with van der Waals surface area (Å²) in [5, 5.41) is 6.81. The number of benzene rings is 2. The topological polar surface area (TPSA) is 58.8 Å². The average Bonchev–Trinajstić information content (AvgIpc) is 3.26. The van der Waals surface area contributed by atoms with Gasteiger partial charge < -0.3 is 19.8 Å². The van der Waals surface area contributed by atoms with Crippen LogP contribution in [0.5, 0.6) is 5.75 Å². The molecule has 0 radical (unpaired) electrons. The monoisotopic (exact) mass is 377 g/mol. The van der Waals surface area contributed by atoms with E-state index in [1.807, 2.05) is 48.5 Å². The van der Waals surface area contributed by atoms with Gasteiger partial charge in [-0.25, -0.2) is 4.99 Å². The largest absolute Gasteiger partial charge is 0.496 e. The maximum absolute atomic E-state index is 5.43. The van der Waals surface area contributed by atoms with Gasteiger partial charge in [0.2, 0.25) is 0 Å². The van der Waals surface area contributed by atoms with Gasteiger partial charge in [0.25, 0.3) is 0 Å². The van der Waals surface area contributed by atoms with Crippen molar-refractivity contribution in [3.63, 3.8) is 0 Å². The number of rotatable bonds is 9. The van der Waals surface area contributed by atoms with Crippen LogP contribution in [-0.2, 0) is 19.4 Å². The maximum atomic E-state index is 5.43. The van der Waals surface area contributed by atoms with Gasteiger partial charge in [-0.3, -0.25) is 0 Å². The summed E-state index contributed by atoms with van der Waals surface area (Å²) in [5.41, 5.74) is 2.36. The number of aliphatic imine (C=N–C) groups is 1. The van der Waals surface area contributed by atoms with Gasteiger partial charge in [-0.2, -0.15) is 0 Å². The van der Waals surface area contributed by atoms with E-state index in [0.29, 0.717) is 6.54 Å². The van der Waals surface area contributed by atoms with E-state index < -0.39 is 0 Å². The van der Waals surface area contributed by atoms with Crippen LogP contribution in [-0.4, -0.2) is 26.2 Å². The van der Waals surface area contributed by atoms with Gasteiger partial charge in [-0.05, 0) is 35.7 Å². The summed E-state index contributed by atoms with van der Waals surface area (Å²) in [6.07, 6.45) is 3.37. The normalized spacial score (nSPS) is 11.2. The molecule has 0 fully saturated rings. The molecule has 0 aliphatic rings. The molecule has 0 aliphatic carbocycles. The predicted octanol–water partition coefficient (Wildman–Crippen LogP) is 3.81. The van der Waals surface area contributed by atoms with Gasteiger partial charge in [0, 0.05) is 19.5 Å². The zero-order valence-corrected chi connectivity index (χ0v) is 16.2. The van der Waals surface area contributed by atoms with E-state index in [1.54, 1.807) is 13.4 Å². The second kappa shape index (κ2) is 10.8. The average molecular weight is 377 g/mol. The van der Waals surface area contributed by atoms with Crippen molar-refractivity contribution in [3.8, 4) is 5.75 Å². The molecule has 0 saturated heterocycles. The third-order valence-electron chi connectivity index (χ3n) is 4.39. The van der Waals surface area contributed by atoms with Crippen molar-refractivity contribution in [2.24, 2.45) is 4.99 Å². The molecule has 146 valence electrons. The fourth-order valence-corrected chi connectivity index (χ4v) is 2.91. The molecule has 0 spiro atoms. The first-order valence-electron chi connectivity index (χ1n) is 9.55. The van der Waals surface area contributed by atoms with Crippen LogP contribution in [0.1, 0.15) is 16.9 Å². The highest BCUT2D eigenvalue weighted by molar-refractivity contribution is 5.79. The number of nitrogens with one attached hydrogen (secondary N) is 2. The van der Waals surface area contributed by atoms with E-state index in [2.05, 4.69) is 28.8 Å². The molecule has 3 rings (SSSR count). The molecule has 0 amide bonds. The highest BCUT2D eigenvalue weighted by atomic mass is 16.5. The maximum Gasteiger partial charge on any atom is 0.191 e. The Morgan fingerprint density at radius 1 is 0.893 bits per heavy atom. The summed E-state index contributed by atoms with van der Waals surface area (Å²) < 4.78 is 10.8. The van der Waals surface area contributed by atoms with Crippen molar-refractivity contribution in [2.75, 3.05) is 20.2 Å². The highest BCUT2D eigenvalue weighted by Gasteiger charge is 2.04. The summed E-state index contributed by atoms with van der Waals surface area (Å²) in [6.45, 7) is 2.15. The summed E-state index contributed by atoms with van der Waals surface area (Å²) in [5.74, 6) is 2.67. The fourth-order valence-electron chi connectivity index (χ4n) is 2.91. The third-order valence-corrected chi connectivity index (χ3v) is 4.39. The number of guanidine groups is 1. The van der Waals surface area contributed by atoms with Gasteiger partial charge in [0.15, 0.2) is 5.96 Å². The first-order chi connectivity index (χ1) is 13.8. The molecule has 1 aromatic heterocycles. The molecule has 0 aliphatic heterocycles. The Bertz CT molecular complexity index is 845. The van der Waals surface area contributed by atoms with Gasteiger partial charge >= 0.3 is 0 Å². The van der Waals surface area contributed by atoms with Crippen molar-refractivity contribution < 1.29 is 9.15 Å². The van der Waals surface area contributed by atoms with E-state index in [4.69, 9.17) is 14.1 Å². The lowest BCUT2D eigenvalue weighted by Crippen LogP contribution is -2.39. The Morgan fingerprint density at radius 2 is 1.64 bits per heavy atom. The van der Waals surface area contributed by atoms with Crippen molar-refractivity contribution in [1.29, 1.82) is 0 Å². The first kappa shape index (κ1) is 19.5. The number of hydrogen-bond acceptors (Lipinski definition) is 3. The number of furan rings is 1. The van der Waals surface area contributed by atoms with Crippen LogP contribution in [0.15, 0.2) is 82.4 Å². The van der Waals surface area contributed by atoms with Gasteiger partial charge in [0.1, 0.15) is 11.5 Å². The molecule has 1 heterocycles. The number of methoxy groups -OCH3 is 1. The molecule has 28 heavy (non-hydrogen) atoms. The molecule has 0 saturated carbocycles. The Kier molecular flexibility index (Phi) is 7.56. The molecule has 0 unspecified atom stereocenters. The van der Waals surface area contributed by atoms with Crippen LogP contribution < -0.4 is 15.4 Å². The molecular formula is C23H27N3O2. The second-order valence-corrected chi connectivity index (χ2v) is 6.40. The minimum absolute atomic E-state index is 0.631. The Morgan fingerprint density at radius 3 is 2.39 bits per heavy atom. The van der Waals surface area contributed by atoms with Gasteiger partial charge in [0.05, 0.1) is 19.9 Å². The summed E-state index contributed by atoms with van der Waals surface area (Å²) >= 11 is 0. The Labute approximate surface area is 166 Å². The molecule has 5 heteroatoms. The number of ether oxygens (including phenoxy) is 1. The third kappa shape index (κ3) is 6.20. The van der Waals surface area contributed by atoms with Gasteiger partial charge in [-0.1, -0.05) is 48.5 Å². The molecule has 2 aromatic carbocycles. The van der Waals surface area contributed by atoms with E-state index in [0.717, 1.165) is 43.4 Å². The van der Waals surface area contributed by atoms with E-state index in [1.165, 1.54) is 11.1 Å². The smallest absolute Gasteiger partial charge is 0.191 e. The summed E-state index contributed by atoms with van der Waals surface area (Å²) in [4.78, 5) is 4.72. The van der Waals surface area contributed by atoms with Gasteiger partial charge in [-0.15, -0.1) is 0 Å². The first-order valence-corrected chi connectivity index (χ1v) is 9.55. The summed E-state index contributed by atoms with van der Waals surface area (Å²) in [6, 6.07) is 22.2. The minimum Gasteiger partial charge on any atom is -0.496 e. The Balaban J connectivity index is 1.56. The second-order valence-electron chi connectivity index (χ2n) is 6.40. The SMILES string of the molecule is COc1ccccc1CCNC(=NCc1ccccc1)NCCc1ccco1. The number of para-hydroxylation sites is 1. The van der Waals surface area contributed by atoms with Crippen LogP contribution in [0, 0.1) is 0 Å². The Hall–Kier alpha value is -3.21. The molecule has 2 N–H and O–H groups in total. The quantitative estimate of drug-likeness (QED) is 0.440. The van der Waals surface area contributed by atoms with Crippen LogP contribution in [0.4, 0.5) is 0 Å². The number of nitrogens with zero attached hydrogens (tertiary/aromatic N) is 1. The fraction of sp³-hybridized carbons (Fsp3) is 0.261. The zero-order chi connectivity index (χ0) is 19.4. The molecular weight excluding hydrogens is 350 g/mol. The summed E-state index contributed by atoms with van der Waals surface area (Å²) in [7, 11) is 1.70. The zero-order valence-electron chi connectivity index (χ0n) is 16.2. The lowest BCUT2D eigenvalue weighted by atomic mass is 10.1. The van der Waals surface area contributed by atoms with Crippen LogP contribution in [0.3, 0.4) is 0 Å². The lowest BCUT2D eigenvalue weighted by Gasteiger charge is -2.13. The van der Waals surface area contributed by atoms with Crippen LogP contribution in [0.2, 0.25) is 0 Å². The van der Waals surface area contributed by atoms with Crippen molar-refractivity contribution in [2.45, 2.75) is 19.4 Å². The van der Waals surface area contributed by atoms with E-state index in [9.17, 15) is 0 Å². The standard InChI is InChI=1S/C23H27N3O2/c1-27-22-12-6-5-10-20(22)13-15-24-23(25-16-14-21-11-7-17-28-21)26-18-19-8-3-2-4-9-19/h2-12,17H,13-16,18H2,1H3,(H2,24,25,26). The highest BCUT2D eigenvalue weighted by Crippen LogP contribution is 2.17. The van der Waals surface area contributed by atoms with E-state index >= 15 is 0 Å². The molecule has 3 aromatic rings. The molecule has 0 atom stereocenters. The minimum atomic E-state index is 0.631. The van der Waals surface area contributed by atoms with E-state index in [-0.39, 0.29) is 0 Å². The number of hydrogen-bond donors (Lipinski definition) is 2. The molecule has 0 bridgehead atoms. The van der Waals surface area contributed by atoms with Crippen molar-refractivity contribution >= 4 is 5.96 Å². The van der Waals surface area contributed by atoms with Crippen molar-refractivity contribution in [3.05, 3.63) is 89.9 Å². The van der Waals surface area contributed by atoms with Crippen molar-refractivity contribution in [1.82, 2.24) is 10.6 Å². The van der Waals surface area contributed by atoms with Crippen LogP contribution >= 0.6 is 0 Å². The molecule has 5 nitrogen and oxygen atoms in total.